The Morgan fingerprint density at radius 2 is 2.17 bits per heavy atom. The second kappa shape index (κ2) is 7.01. The fourth-order valence-corrected chi connectivity index (χ4v) is 2.45. The summed E-state index contributed by atoms with van der Waals surface area (Å²) < 4.78 is 1.92. The summed E-state index contributed by atoms with van der Waals surface area (Å²) in [5, 5.41) is 5.93. The molecule has 0 aliphatic rings. The Morgan fingerprint density at radius 1 is 1.29 bits per heavy atom. The average Bonchev–Trinajstić information content (AvgIpc) is 3.05. The highest BCUT2D eigenvalue weighted by Gasteiger charge is 2.14. The zero-order chi connectivity index (χ0) is 16.9. The number of hydrogen-bond donors (Lipinski definition) is 2. The van der Waals surface area contributed by atoms with Crippen molar-refractivity contribution in [3.8, 4) is 0 Å². The normalized spacial score (nSPS) is 11.7. The van der Waals surface area contributed by atoms with Crippen molar-refractivity contribution in [2.45, 2.75) is 6.92 Å². The van der Waals surface area contributed by atoms with Crippen LogP contribution in [0.2, 0.25) is 0 Å². The van der Waals surface area contributed by atoms with E-state index in [2.05, 4.69) is 25.6 Å². The molecule has 7 nitrogen and oxygen atoms in total. The van der Waals surface area contributed by atoms with Gasteiger partial charge in [-0.2, -0.15) is 0 Å². The van der Waals surface area contributed by atoms with Crippen LogP contribution in [0.1, 0.15) is 23.0 Å². The van der Waals surface area contributed by atoms with Gasteiger partial charge in [-0.1, -0.05) is 6.08 Å². The highest BCUT2D eigenvalue weighted by molar-refractivity contribution is 6.05. The van der Waals surface area contributed by atoms with Gasteiger partial charge < -0.3 is 10.6 Å². The zero-order valence-electron chi connectivity index (χ0n) is 13.5. The van der Waals surface area contributed by atoms with E-state index in [1.807, 2.05) is 30.6 Å². The highest BCUT2D eigenvalue weighted by Crippen LogP contribution is 2.20. The van der Waals surface area contributed by atoms with Crippen molar-refractivity contribution in [2.24, 2.45) is 0 Å². The van der Waals surface area contributed by atoms with Crippen LogP contribution in [0.25, 0.3) is 11.2 Å². The SMILES string of the molecule is C/C=C(\CNC)c1cnc2c(NC(=O)c3cccnc3)nccn12. The van der Waals surface area contributed by atoms with E-state index in [0.29, 0.717) is 17.0 Å². The van der Waals surface area contributed by atoms with Gasteiger partial charge in [-0.05, 0) is 31.7 Å². The van der Waals surface area contributed by atoms with Gasteiger partial charge in [-0.25, -0.2) is 9.97 Å². The molecule has 0 saturated carbocycles. The van der Waals surface area contributed by atoms with Gasteiger partial charge in [-0.3, -0.25) is 14.2 Å². The molecule has 3 heterocycles. The number of carbonyl (C=O) groups excluding carboxylic acids is 1. The molecular weight excluding hydrogens is 304 g/mol. The van der Waals surface area contributed by atoms with Crippen molar-refractivity contribution in [3.63, 3.8) is 0 Å². The van der Waals surface area contributed by atoms with Gasteiger partial charge in [0, 0.05) is 31.3 Å². The first-order chi connectivity index (χ1) is 11.7. The number of aromatic nitrogens is 4. The third kappa shape index (κ3) is 3.02. The van der Waals surface area contributed by atoms with Crippen molar-refractivity contribution < 1.29 is 4.79 Å². The number of rotatable bonds is 5. The topological polar surface area (TPSA) is 84.2 Å². The lowest BCUT2D eigenvalue weighted by molar-refractivity contribution is 0.102. The molecule has 3 aromatic heterocycles. The van der Waals surface area contributed by atoms with Gasteiger partial charge >= 0.3 is 0 Å². The summed E-state index contributed by atoms with van der Waals surface area (Å²) >= 11 is 0. The van der Waals surface area contributed by atoms with E-state index in [-0.39, 0.29) is 5.91 Å². The number of likely N-dealkylation sites (N-methyl/N-ethyl adjacent to an activating group) is 1. The average molecular weight is 322 g/mol. The van der Waals surface area contributed by atoms with Crippen molar-refractivity contribution in [1.29, 1.82) is 0 Å². The van der Waals surface area contributed by atoms with Crippen LogP contribution in [0, 0.1) is 0 Å². The summed E-state index contributed by atoms with van der Waals surface area (Å²) in [6, 6.07) is 3.41. The minimum absolute atomic E-state index is 0.269. The Morgan fingerprint density at radius 3 is 2.88 bits per heavy atom. The fraction of sp³-hybridized carbons (Fsp3) is 0.176. The summed E-state index contributed by atoms with van der Waals surface area (Å²) in [5.74, 6) is 0.146. The first kappa shape index (κ1) is 15.8. The van der Waals surface area contributed by atoms with Gasteiger partial charge in [0.1, 0.15) is 0 Å². The van der Waals surface area contributed by atoms with Crippen molar-refractivity contribution in [1.82, 2.24) is 24.7 Å². The lowest BCUT2D eigenvalue weighted by atomic mass is 10.2. The molecule has 0 bridgehead atoms. The standard InChI is InChI=1S/C17H18N6O/c1-3-12(9-18-2)14-11-21-16-15(20-7-8-23(14)16)22-17(24)13-5-4-6-19-10-13/h3-8,10-11,18H,9H2,1-2H3,(H,20,22,24)/b12-3+. The van der Waals surface area contributed by atoms with Gasteiger partial charge in [0.15, 0.2) is 11.5 Å². The molecule has 7 heteroatoms. The molecule has 0 atom stereocenters. The Labute approximate surface area is 139 Å². The summed E-state index contributed by atoms with van der Waals surface area (Å²) in [4.78, 5) is 24.9. The van der Waals surface area contributed by atoms with Gasteiger partial charge in [0.05, 0.1) is 17.5 Å². The van der Waals surface area contributed by atoms with Crippen LogP contribution < -0.4 is 10.6 Å². The molecule has 0 unspecified atom stereocenters. The van der Waals surface area contributed by atoms with Crippen LogP contribution in [0.4, 0.5) is 5.82 Å². The van der Waals surface area contributed by atoms with Crippen LogP contribution in [-0.2, 0) is 0 Å². The van der Waals surface area contributed by atoms with Crippen molar-refractivity contribution in [3.05, 3.63) is 60.5 Å². The molecule has 3 rings (SSSR count). The number of anilines is 1. The molecule has 0 aliphatic heterocycles. The minimum Gasteiger partial charge on any atom is -0.316 e. The molecular formula is C17H18N6O. The number of allylic oxidation sites excluding steroid dienone is 1. The maximum atomic E-state index is 12.3. The molecule has 0 aliphatic carbocycles. The maximum absolute atomic E-state index is 12.3. The van der Waals surface area contributed by atoms with Crippen molar-refractivity contribution in [2.75, 3.05) is 18.9 Å². The quantitative estimate of drug-likeness (QED) is 0.750. The van der Waals surface area contributed by atoms with Gasteiger partial charge in [-0.15, -0.1) is 0 Å². The lowest BCUT2D eigenvalue weighted by Crippen LogP contribution is -2.14. The number of pyridine rings is 1. The number of nitrogens with zero attached hydrogens (tertiary/aromatic N) is 4. The van der Waals surface area contributed by atoms with Crippen molar-refractivity contribution >= 4 is 22.9 Å². The summed E-state index contributed by atoms with van der Waals surface area (Å²) in [5.41, 5.74) is 3.14. The van der Waals surface area contributed by atoms with Crippen LogP contribution >= 0.6 is 0 Å². The monoisotopic (exact) mass is 322 g/mol. The van der Waals surface area contributed by atoms with E-state index >= 15 is 0 Å². The molecule has 0 aromatic carbocycles. The maximum Gasteiger partial charge on any atom is 0.258 e. The molecule has 0 fully saturated rings. The van der Waals surface area contributed by atoms with Crippen LogP contribution in [0.15, 0.2) is 49.2 Å². The van der Waals surface area contributed by atoms with Crippen LogP contribution in [0.5, 0.6) is 0 Å². The Bertz CT molecular complexity index is 884. The Balaban J connectivity index is 1.96. The lowest BCUT2D eigenvalue weighted by Gasteiger charge is -2.08. The van der Waals surface area contributed by atoms with Gasteiger partial charge in [0.2, 0.25) is 0 Å². The van der Waals surface area contributed by atoms with Crippen LogP contribution in [0.3, 0.4) is 0 Å². The number of amides is 1. The fourth-order valence-electron chi connectivity index (χ4n) is 2.45. The molecule has 1 amide bonds. The first-order valence-corrected chi connectivity index (χ1v) is 7.58. The zero-order valence-corrected chi connectivity index (χ0v) is 13.5. The number of fused-ring (bicyclic) bond motifs is 1. The third-order valence-electron chi connectivity index (χ3n) is 3.63. The number of nitrogens with one attached hydrogen (secondary N) is 2. The van der Waals surface area contributed by atoms with E-state index < -0.39 is 0 Å². The molecule has 0 radical (unpaired) electrons. The van der Waals surface area contributed by atoms with E-state index in [0.717, 1.165) is 17.8 Å². The number of carbonyl (C=O) groups is 1. The molecule has 2 N–H and O–H groups in total. The second-order valence-corrected chi connectivity index (χ2v) is 5.15. The van der Waals surface area contributed by atoms with E-state index in [1.165, 1.54) is 6.20 Å². The Kier molecular flexibility index (Phi) is 4.62. The third-order valence-corrected chi connectivity index (χ3v) is 3.63. The highest BCUT2D eigenvalue weighted by atomic mass is 16.1. The minimum atomic E-state index is -0.269. The number of imidazole rings is 1. The number of hydrogen-bond acceptors (Lipinski definition) is 5. The summed E-state index contributed by atoms with van der Waals surface area (Å²) in [6.45, 7) is 2.71. The molecule has 3 aromatic rings. The molecule has 122 valence electrons. The summed E-state index contributed by atoms with van der Waals surface area (Å²) in [7, 11) is 1.90. The van der Waals surface area contributed by atoms with Crippen LogP contribution in [-0.4, -0.2) is 38.9 Å². The largest absolute Gasteiger partial charge is 0.316 e. The smallest absolute Gasteiger partial charge is 0.258 e. The predicted molar refractivity (Wildman–Crippen MR) is 92.8 cm³/mol. The molecule has 0 spiro atoms. The summed E-state index contributed by atoms with van der Waals surface area (Å²) in [6.07, 6.45) is 10.4. The molecule has 24 heavy (non-hydrogen) atoms. The van der Waals surface area contributed by atoms with E-state index in [1.54, 1.807) is 30.7 Å². The predicted octanol–water partition coefficient (Wildman–Crippen LogP) is 2.00. The van der Waals surface area contributed by atoms with E-state index in [9.17, 15) is 4.79 Å². The first-order valence-electron chi connectivity index (χ1n) is 7.58. The second-order valence-electron chi connectivity index (χ2n) is 5.15. The Hall–Kier alpha value is -3.06. The van der Waals surface area contributed by atoms with E-state index in [4.69, 9.17) is 0 Å². The van der Waals surface area contributed by atoms with Gasteiger partial charge in [0.25, 0.3) is 5.91 Å². The molecule has 0 saturated heterocycles.